The van der Waals surface area contributed by atoms with Crippen molar-refractivity contribution in [3.8, 4) is 0 Å². The third-order valence-electron chi connectivity index (χ3n) is 1.68. The Morgan fingerprint density at radius 3 is 2.55 bits per heavy atom. The van der Waals surface area contributed by atoms with E-state index >= 15 is 0 Å². The lowest BCUT2D eigenvalue weighted by atomic mass is 10.0. The van der Waals surface area contributed by atoms with Gasteiger partial charge in [-0.25, -0.2) is 0 Å². The summed E-state index contributed by atoms with van der Waals surface area (Å²) in [5, 5.41) is 0. The van der Waals surface area contributed by atoms with Gasteiger partial charge in [0.25, 0.3) is 0 Å². The molecule has 64 valence electrons. The first-order valence-corrected chi connectivity index (χ1v) is 4.32. The van der Waals surface area contributed by atoms with Crippen molar-refractivity contribution in [1.29, 1.82) is 0 Å². The summed E-state index contributed by atoms with van der Waals surface area (Å²) in [7, 11) is 0. The van der Waals surface area contributed by atoms with Crippen molar-refractivity contribution in [1.82, 2.24) is 0 Å². The SMILES string of the molecule is C=CC(=O)CCCCC(C)C. The van der Waals surface area contributed by atoms with Crippen molar-refractivity contribution in [3.63, 3.8) is 0 Å². The highest BCUT2D eigenvalue weighted by atomic mass is 16.1. The fourth-order valence-electron chi connectivity index (χ4n) is 0.954. The van der Waals surface area contributed by atoms with E-state index in [4.69, 9.17) is 0 Å². The molecule has 0 fully saturated rings. The van der Waals surface area contributed by atoms with E-state index in [1.54, 1.807) is 0 Å². The van der Waals surface area contributed by atoms with Gasteiger partial charge >= 0.3 is 0 Å². The van der Waals surface area contributed by atoms with E-state index in [2.05, 4.69) is 20.4 Å². The fourth-order valence-corrected chi connectivity index (χ4v) is 0.954. The second-order valence-electron chi connectivity index (χ2n) is 3.31. The topological polar surface area (TPSA) is 17.1 Å². The number of hydrogen-bond donors (Lipinski definition) is 0. The Hall–Kier alpha value is -0.590. The molecule has 0 bridgehead atoms. The molecule has 0 aliphatic carbocycles. The Labute approximate surface area is 69.5 Å². The Bertz CT molecular complexity index is 125. The van der Waals surface area contributed by atoms with Crippen molar-refractivity contribution in [2.24, 2.45) is 5.92 Å². The van der Waals surface area contributed by atoms with Gasteiger partial charge in [-0.15, -0.1) is 0 Å². The van der Waals surface area contributed by atoms with E-state index in [9.17, 15) is 4.79 Å². The zero-order chi connectivity index (χ0) is 8.69. The van der Waals surface area contributed by atoms with Crippen molar-refractivity contribution in [2.75, 3.05) is 0 Å². The van der Waals surface area contributed by atoms with Crippen LogP contribution in [0.4, 0.5) is 0 Å². The highest BCUT2D eigenvalue weighted by molar-refractivity contribution is 5.88. The van der Waals surface area contributed by atoms with Crippen LogP contribution in [0.5, 0.6) is 0 Å². The van der Waals surface area contributed by atoms with Crippen molar-refractivity contribution < 1.29 is 4.79 Å². The molecule has 0 aromatic heterocycles. The van der Waals surface area contributed by atoms with E-state index in [0.717, 1.165) is 18.8 Å². The Morgan fingerprint density at radius 2 is 2.09 bits per heavy atom. The molecule has 0 amide bonds. The minimum atomic E-state index is 0.175. The number of carbonyl (C=O) groups excluding carboxylic acids is 1. The second kappa shape index (κ2) is 6.14. The number of carbonyl (C=O) groups is 1. The van der Waals surface area contributed by atoms with Gasteiger partial charge in [0.1, 0.15) is 0 Å². The second-order valence-corrected chi connectivity index (χ2v) is 3.31. The molecule has 0 rings (SSSR count). The van der Waals surface area contributed by atoms with Crippen LogP contribution in [0, 0.1) is 5.92 Å². The minimum absolute atomic E-state index is 0.175. The highest BCUT2D eigenvalue weighted by Gasteiger charge is 1.97. The van der Waals surface area contributed by atoms with Gasteiger partial charge in [-0.1, -0.05) is 33.3 Å². The number of allylic oxidation sites excluding steroid dienone is 1. The zero-order valence-corrected chi connectivity index (χ0v) is 7.60. The predicted octanol–water partition coefficient (Wildman–Crippen LogP) is 2.96. The molecular formula is C10H18O. The fraction of sp³-hybridized carbons (Fsp3) is 0.700. The first kappa shape index (κ1) is 10.4. The quantitative estimate of drug-likeness (QED) is 0.424. The van der Waals surface area contributed by atoms with E-state index in [1.807, 2.05) is 0 Å². The molecule has 0 unspecified atom stereocenters. The minimum Gasteiger partial charge on any atom is -0.295 e. The van der Waals surface area contributed by atoms with Gasteiger partial charge in [-0.2, -0.15) is 0 Å². The molecule has 0 saturated carbocycles. The molecule has 0 atom stereocenters. The molecule has 0 radical (unpaired) electrons. The standard InChI is InChI=1S/C10H18O/c1-4-10(11)8-6-5-7-9(2)3/h4,9H,1,5-8H2,2-3H3. The third kappa shape index (κ3) is 7.31. The number of hydrogen-bond acceptors (Lipinski definition) is 1. The monoisotopic (exact) mass is 154 g/mol. The molecule has 11 heavy (non-hydrogen) atoms. The van der Waals surface area contributed by atoms with Crippen molar-refractivity contribution in [2.45, 2.75) is 39.5 Å². The van der Waals surface area contributed by atoms with Gasteiger partial charge in [0.2, 0.25) is 0 Å². The van der Waals surface area contributed by atoms with Crippen molar-refractivity contribution >= 4 is 5.78 Å². The van der Waals surface area contributed by atoms with Crippen LogP contribution >= 0.6 is 0 Å². The van der Waals surface area contributed by atoms with Crippen LogP contribution in [0.2, 0.25) is 0 Å². The average molecular weight is 154 g/mol. The smallest absolute Gasteiger partial charge is 0.155 e. The summed E-state index contributed by atoms with van der Waals surface area (Å²) in [6, 6.07) is 0. The molecule has 0 aliphatic rings. The van der Waals surface area contributed by atoms with Crippen LogP contribution in [0.15, 0.2) is 12.7 Å². The first-order valence-electron chi connectivity index (χ1n) is 4.32. The predicted molar refractivity (Wildman–Crippen MR) is 48.5 cm³/mol. The first-order chi connectivity index (χ1) is 5.16. The maximum Gasteiger partial charge on any atom is 0.155 e. The summed E-state index contributed by atoms with van der Waals surface area (Å²) in [6.07, 6.45) is 5.50. The third-order valence-corrected chi connectivity index (χ3v) is 1.68. The zero-order valence-electron chi connectivity index (χ0n) is 7.60. The van der Waals surface area contributed by atoms with E-state index < -0.39 is 0 Å². The summed E-state index contributed by atoms with van der Waals surface area (Å²) >= 11 is 0. The van der Waals surface area contributed by atoms with E-state index in [0.29, 0.717) is 6.42 Å². The molecule has 0 aliphatic heterocycles. The maximum absolute atomic E-state index is 10.7. The normalized spacial score (nSPS) is 10.1. The van der Waals surface area contributed by atoms with Crippen LogP contribution < -0.4 is 0 Å². The van der Waals surface area contributed by atoms with Gasteiger partial charge < -0.3 is 0 Å². The van der Waals surface area contributed by atoms with Crippen LogP contribution in [-0.2, 0) is 4.79 Å². The van der Waals surface area contributed by atoms with Crippen LogP contribution in [0.3, 0.4) is 0 Å². The van der Waals surface area contributed by atoms with Gasteiger partial charge in [-0.3, -0.25) is 4.79 Å². The maximum atomic E-state index is 10.7. The summed E-state index contributed by atoms with van der Waals surface area (Å²) in [4.78, 5) is 10.7. The Balaban J connectivity index is 3.14. The Kier molecular flexibility index (Phi) is 5.81. The largest absolute Gasteiger partial charge is 0.295 e. The molecule has 0 saturated heterocycles. The lowest BCUT2D eigenvalue weighted by molar-refractivity contribution is -0.114. The molecule has 0 aromatic rings. The average Bonchev–Trinajstić information content (AvgIpc) is 1.97. The van der Waals surface area contributed by atoms with Gasteiger partial charge in [0.05, 0.1) is 0 Å². The number of rotatable bonds is 6. The summed E-state index contributed by atoms with van der Waals surface area (Å²) in [6.45, 7) is 7.83. The molecular weight excluding hydrogens is 136 g/mol. The number of unbranched alkanes of at least 4 members (excludes halogenated alkanes) is 1. The summed E-state index contributed by atoms with van der Waals surface area (Å²) < 4.78 is 0. The lowest BCUT2D eigenvalue weighted by Gasteiger charge is -2.01. The molecule has 1 nitrogen and oxygen atoms in total. The van der Waals surface area contributed by atoms with Crippen LogP contribution in [0.1, 0.15) is 39.5 Å². The van der Waals surface area contributed by atoms with Gasteiger partial charge in [0.15, 0.2) is 5.78 Å². The van der Waals surface area contributed by atoms with E-state index in [1.165, 1.54) is 12.5 Å². The van der Waals surface area contributed by atoms with Crippen LogP contribution in [-0.4, -0.2) is 5.78 Å². The molecule has 0 spiro atoms. The summed E-state index contributed by atoms with van der Waals surface area (Å²) in [5.41, 5.74) is 0. The van der Waals surface area contributed by atoms with Crippen molar-refractivity contribution in [3.05, 3.63) is 12.7 Å². The molecule has 0 heterocycles. The number of ketones is 1. The molecule has 0 aromatic carbocycles. The lowest BCUT2D eigenvalue weighted by Crippen LogP contribution is -1.93. The van der Waals surface area contributed by atoms with E-state index in [-0.39, 0.29) is 5.78 Å². The Morgan fingerprint density at radius 1 is 1.45 bits per heavy atom. The highest BCUT2D eigenvalue weighted by Crippen LogP contribution is 2.08. The summed E-state index contributed by atoms with van der Waals surface area (Å²) in [5.74, 6) is 0.933. The molecule has 1 heteroatoms. The molecule has 0 N–H and O–H groups in total. The van der Waals surface area contributed by atoms with Crippen LogP contribution in [0.25, 0.3) is 0 Å². The van der Waals surface area contributed by atoms with Gasteiger partial charge in [0, 0.05) is 6.42 Å². The van der Waals surface area contributed by atoms with Gasteiger partial charge in [-0.05, 0) is 18.4 Å².